The van der Waals surface area contributed by atoms with Crippen molar-refractivity contribution in [2.75, 3.05) is 13.2 Å². The Bertz CT molecular complexity index is 956. The third kappa shape index (κ3) is 5.11. The van der Waals surface area contributed by atoms with Crippen LogP contribution in [-0.4, -0.2) is 33.6 Å². The Hall–Kier alpha value is -1.93. The van der Waals surface area contributed by atoms with Gasteiger partial charge in [-0.25, -0.2) is 13.1 Å². The lowest BCUT2D eigenvalue weighted by atomic mass is 10.1. The lowest BCUT2D eigenvalue weighted by Gasteiger charge is -2.13. The molecule has 2 aromatic carbocycles. The molecular formula is C20H23ClN2O4S. The highest BCUT2D eigenvalue weighted by Gasteiger charge is 2.23. The lowest BCUT2D eigenvalue weighted by Crippen LogP contribution is -2.32. The van der Waals surface area contributed by atoms with Gasteiger partial charge in [-0.1, -0.05) is 35.9 Å². The second kappa shape index (κ2) is 9.05. The Balaban J connectivity index is 1.71. The summed E-state index contributed by atoms with van der Waals surface area (Å²) in [7, 11) is -3.85. The molecule has 8 heteroatoms. The van der Waals surface area contributed by atoms with E-state index in [1.54, 1.807) is 0 Å². The topological polar surface area (TPSA) is 84.5 Å². The highest BCUT2D eigenvalue weighted by atomic mass is 35.5. The molecule has 1 unspecified atom stereocenters. The number of aryl methyl sites for hydroxylation is 1. The van der Waals surface area contributed by atoms with E-state index in [9.17, 15) is 13.2 Å². The monoisotopic (exact) mass is 422 g/mol. The predicted octanol–water partition coefficient (Wildman–Crippen LogP) is 3.04. The molecule has 0 spiro atoms. The number of hydrogen-bond acceptors (Lipinski definition) is 4. The molecule has 0 radical (unpaired) electrons. The second-order valence-electron chi connectivity index (χ2n) is 6.74. The lowest BCUT2D eigenvalue weighted by molar-refractivity contribution is 0.0950. The molecule has 0 aliphatic carbocycles. The largest absolute Gasteiger partial charge is 0.377 e. The SMILES string of the molecule is Cc1ccccc1CNC(=O)c1ccc(Cl)c(S(=O)(=O)NCC2CCCO2)c1. The number of benzene rings is 2. The van der Waals surface area contributed by atoms with E-state index in [0.717, 1.165) is 24.0 Å². The van der Waals surface area contributed by atoms with Crippen molar-refractivity contribution in [1.82, 2.24) is 10.0 Å². The standard InChI is InChI=1S/C20H23ClN2O4S/c1-14-5-2-3-6-16(14)12-22-20(24)15-8-9-18(21)19(11-15)28(25,26)23-13-17-7-4-10-27-17/h2-3,5-6,8-9,11,17,23H,4,7,10,12-13H2,1H3,(H,22,24). The molecule has 1 aliphatic heterocycles. The highest BCUT2D eigenvalue weighted by Crippen LogP contribution is 2.23. The fraction of sp³-hybridized carbons (Fsp3) is 0.350. The first kappa shape index (κ1) is 20.8. The molecular weight excluding hydrogens is 400 g/mol. The first-order valence-corrected chi connectivity index (χ1v) is 11.0. The Morgan fingerprint density at radius 3 is 2.75 bits per heavy atom. The molecule has 2 aromatic rings. The van der Waals surface area contributed by atoms with E-state index in [-0.39, 0.29) is 34.0 Å². The zero-order valence-corrected chi connectivity index (χ0v) is 17.1. The summed E-state index contributed by atoms with van der Waals surface area (Å²) >= 11 is 6.09. The van der Waals surface area contributed by atoms with E-state index in [1.165, 1.54) is 18.2 Å². The quantitative estimate of drug-likeness (QED) is 0.718. The molecule has 1 aliphatic rings. The van der Waals surface area contributed by atoms with E-state index in [0.29, 0.717) is 13.2 Å². The number of carbonyl (C=O) groups excluding carboxylic acids is 1. The van der Waals surface area contributed by atoms with Gasteiger partial charge in [0.2, 0.25) is 10.0 Å². The smallest absolute Gasteiger partial charge is 0.251 e. The van der Waals surface area contributed by atoms with Crippen molar-refractivity contribution in [3.8, 4) is 0 Å². The van der Waals surface area contributed by atoms with Crippen LogP contribution in [-0.2, 0) is 21.3 Å². The van der Waals surface area contributed by atoms with Gasteiger partial charge >= 0.3 is 0 Å². The van der Waals surface area contributed by atoms with Gasteiger partial charge in [0.15, 0.2) is 0 Å². The van der Waals surface area contributed by atoms with Gasteiger partial charge in [0.05, 0.1) is 11.1 Å². The molecule has 3 rings (SSSR count). The van der Waals surface area contributed by atoms with Crippen molar-refractivity contribution in [3.63, 3.8) is 0 Å². The number of halogens is 1. The minimum absolute atomic E-state index is 0.0651. The summed E-state index contributed by atoms with van der Waals surface area (Å²) in [5.41, 5.74) is 2.30. The third-order valence-electron chi connectivity index (χ3n) is 4.71. The fourth-order valence-electron chi connectivity index (χ4n) is 3.02. The van der Waals surface area contributed by atoms with E-state index in [4.69, 9.17) is 16.3 Å². The van der Waals surface area contributed by atoms with Crippen molar-refractivity contribution < 1.29 is 17.9 Å². The summed E-state index contributed by atoms with van der Waals surface area (Å²) in [6.07, 6.45) is 1.61. The van der Waals surface area contributed by atoms with Gasteiger partial charge < -0.3 is 10.1 Å². The molecule has 6 nitrogen and oxygen atoms in total. The van der Waals surface area contributed by atoms with Crippen molar-refractivity contribution in [2.45, 2.75) is 37.3 Å². The minimum Gasteiger partial charge on any atom is -0.377 e. The summed E-state index contributed by atoms with van der Waals surface area (Å²) in [4.78, 5) is 12.4. The van der Waals surface area contributed by atoms with Crippen LogP contribution in [0.5, 0.6) is 0 Å². The van der Waals surface area contributed by atoms with Gasteiger partial charge in [-0.15, -0.1) is 0 Å². The van der Waals surface area contributed by atoms with Crippen LogP contribution in [0.4, 0.5) is 0 Å². The molecule has 1 amide bonds. The predicted molar refractivity (Wildman–Crippen MR) is 108 cm³/mol. The van der Waals surface area contributed by atoms with Gasteiger partial charge in [-0.3, -0.25) is 4.79 Å². The van der Waals surface area contributed by atoms with Crippen molar-refractivity contribution >= 4 is 27.5 Å². The molecule has 28 heavy (non-hydrogen) atoms. The maximum atomic E-state index is 12.6. The first-order chi connectivity index (χ1) is 13.4. The Kier molecular flexibility index (Phi) is 6.72. The number of carbonyl (C=O) groups is 1. The summed E-state index contributed by atoms with van der Waals surface area (Å²) in [5.74, 6) is -0.365. The summed E-state index contributed by atoms with van der Waals surface area (Å²) < 4.78 is 33.2. The molecule has 1 fully saturated rings. The zero-order valence-electron chi connectivity index (χ0n) is 15.6. The van der Waals surface area contributed by atoms with Gasteiger partial charge in [0, 0.05) is 25.3 Å². The molecule has 0 bridgehead atoms. The summed E-state index contributed by atoms with van der Waals surface area (Å²) in [5, 5.41) is 2.88. The van der Waals surface area contributed by atoms with E-state index >= 15 is 0 Å². The van der Waals surface area contributed by atoms with Crippen LogP contribution in [0.2, 0.25) is 5.02 Å². The number of amides is 1. The van der Waals surface area contributed by atoms with Crippen LogP contribution in [0.15, 0.2) is 47.4 Å². The number of sulfonamides is 1. The number of nitrogens with one attached hydrogen (secondary N) is 2. The number of hydrogen-bond donors (Lipinski definition) is 2. The Morgan fingerprint density at radius 1 is 1.25 bits per heavy atom. The molecule has 1 atom stereocenters. The van der Waals surface area contributed by atoms with Gasteiger partial charge in [0.25, 0.3) is 5.91 Å². The van der Waals surface area contributed by atoms with Crippen LogP contribution >= 0.6 is 11.6 Å². The Labute approximate surface area is 170 Å². The van der Waals surface area contributed by atoms with Crippen molar-refractivity contribution in [2.24, 2.45) is 0 Å². The Morgan fingerprint density at radius 2 is 2.04 bits per heavy atom. The maximum Gasteiger partial charge on any atom is 0.251 e. The molecule has 1 saturated heterocycles. The minimum atomic E-state index is -3.85. The zero-order chi connectivity index (χ0) is 20.1. The average Bonchev–Trinajstić information content (AvgIpc) is 3.19. The molecule has 0 saturated carbocycles. The van der Waals surface area contributed by atoms with Crippen LogP contribution in [0, 0.1) is 6.92 Å². The van der Waals surface area contributed by atoms with E-state index in [2.05, 4.69) is 10.0 Å². The van der Waals surface area contributed by atoms with Crippen molar-refractivity contribution in [3.05, 3.63) is 64.2 Å². The normalized spacial score (nSPS) is 16.9. The molecule has 0 aromatic heterocycles. The summed E-state index contributed by atoms with van der Waals surface area (Å²) in [6.45, 7) is 3.15. The molecule has 2 N–H and O–H groups in total. The highest BCUT2D eigenvalue weighted by molar-refractivity contribution is 7.89. The number of ether oxygens (including phenoxy) is 1. The van der Waals surface area contributed by atoms with E-state index in [1.807, 2.05) is 31.2 Å². The maximum absolute atomic E-state index is 12.6. The third-order valence-corrected chi connectivity index (χ3v) is 6.61. The second-order valence-corrected chi connectivity index (χ2v) is 8.88. The number of rotatable bonds is 7. The van der Waals surface area contributed by atoms with Gasteiger partial charge in [0.1, 0.15) is 4.90 Å². The first-order valence-electron chi connectivity index (χ1n) is 9.10. The average molecular weight is 423 g/mol. The van der Waals surface area contributed by atoms with Crippen LogP contribution in [0.25, 0.3) is 0 Å². The van der Waals surface area contributed by atoms with Gasteiger partial charge in [-0.05, 0) is 49.1 Å². The van der Waals surface area contributed by atoms with Crippen LogP contribution in [0.1, 0.15) is 34.3 Å². The van der Waals surface area contributed by atoms with Crippen LogP contribution < -0.4 is 10.0 Å². The fourth-order valence-corrected chi connectivity index (χ4v) is 4.61. The van der Waals surface area contributed by atoms with Crippen LogP contribution in [0.3, 0.4) is 0 Å². The summed E-state index contributed by atoms with van der Waals surface area (Å²) in [6, 6.07) is 12.0. The van der Waals surface area contributed by atoms with E-state index < -0.39 is 10.0 Å². The molecule has 1 heterocycles. The van der Waals surface area contributed by atoms with Gasteiger partial charge in [-0.2, -0.15) is 0 Å². The van der Waals surface area contributed by atoms with Crippen molar-refractivity contribution in [1.29, 1.82) is 0 Å². The molecule has 150 valence electrons.